The first-order valence-corrected chi connectivity index (χ1v) is 9.90. The van der Waals surface area contributed by atoms with Crippen LogP contribution in [0.25, 0.3) is 0 Å². The molecule has 0 radical (unpaired) electrons. The highest BCUT2D eigenvalue weighted by atomic mass is 35.5. The number of sulfonamides is 1. The molecule has 7 heteroatoms. The largest absolute Gasteiger partial charge is 0.315 e. The zero-order valence-corrected chi connectivity index (χ0v) is 15.8. The number of hydrogen-bond donors (Lipinski definition) is 1. The van der Waals surface area contributed by atoms with E-state index in [4.69, 9.17) is 0 Å². The van der Waals surface area contributed by atoms with E-state index in [0.29, 0.717) is 4.21 Å². The van der Waals surface area contributed by atoms with Crippen LogP contribution < -0.4 is 5.32 Å². The average Bonchev–Trinajstić information content (AvgIpc) is 2.93. The van der Waals surface area contributed by atoms with Crippen molar-refractivity contribution in [1.29, 1.82) is 0 Å². The second kappa shape index (κ2) is 6.40. The smallest absolute Gasteiger partial charge is 0.253 e. The first kappa shape index (κ1) is 18.2. The number of thiophene rings is 1. The molecule has 2 aliphatic heterocycles. The van der Waals surface area contributed by atoms with Gasteiger partial charge in [0.05, 0.1) is 0 Å². The van der Waals surface area contributed by atoms with Crippen molar-refractivity contribution < 1.29 is 8.42 Å². The predicted octanol–water partition coefficient (Wildman–Crippen LogP) is 2.98. The Morgan fingerprint density at radius 1 is 1.18 bits per heavy atom. The minimum absolute atomic E-state index is 0. The van der Waals surface area contributed by atoms with Crippen LogP contribution in [0.3, 0.4) is 0 Å². The second-order valence-electron chi connectivity index (χ2n) is 7.08. The fourth-order valence-corrected chi connectivity index (χ4v) is 6.66. The van der Waals surface area contributed by atoms with E-state index in [2.05, 4.69) is 26.1 Å². The Labute approximate surface area is 143 Å². The van der Waals surface area contributed by atoms with Crippen molar-refractivity contribution in [3.63, 3.8) is 0 Å². The van der Waals surface area contributed by atoms with Crippen LogP contribution in [0.15, 0.2) is 16.3 Å². The number of nitrogens with zero attached hydrogens (tertiary/aromatic N) is 1. The van der Waals surface area contributed by atoms with Crippen molar-refractivity contribution in [2.75, 3.05) is 13.1 Å². The average molecular weight is 365 g/mol. The monoisotopic (exact) mass is 364 g/mol. The van der Waals surface area contributed by atoms with Gasteiger partial charge in [0.25, 0.3) is 10.0 Å². The van der Waals surface area contributed by atoms with Crippen LogP contribution in [0, 0.1) is 0 Å². The highest BCUT2D eigenvalue weighted by molar-refractivity contribution is 7.91. The number of rotatable bonds is 2. The lowest BCUT2D eigenvalue weighted by atomic mass is 9.95. The Balaban J connectivity index is 0.00000176. The maximum Gasteiger partial charge on any atom is 0.253 e. The molecule has 4 nitrogen and oxygen atoms in total. The first-order valence-electron chi connectivity index (χ1n) is 7.65. The van der Waals surface area contributed by atoms with Crippen LogP contribution >= 0.6 is 23.7 Å². The van der Waals surface area contributed by atoms with Gasteiger partial charge in [0.1, 0.15) is 4.21 Å². The SMILES string of the molecule is CC(C)(C)c1ccc(S(=O)(=O)N2C3CCNCC2CC3)s1.Cl. The molecule has 126 valence electrons. The first-order chi connectivity index (χ1) is 9.80. The van der Waals surface area contributed by atoms with Crippen LogP contribution in [0.2, 0.25) is 0 Å². The minimum atomic E-state index is -3.35. The normalized spacial score (nSPS) is 26.5. The third kappa shape index (κ3) is 3.22. The van der Waals surface area contributed by atoms with Crippen LogP contribution in [0.1, 0.15) is 44.9 Å². The van der Waals surface area contributed by atoms with Gasteiger partial charge in [-0.2, -0.15) is 4.31 Å². The lowest BCUT2D eigenvalue weighted by Gasteiger charge is -2.26. The summed E-state index contributed by atoms with van der Waals surface area (Å²) in [7, 11) is -3.35. The fraction of sp³-hybridized carbons (Fsp3) is 0.733. The number of hydrogen-bond acceptors (Lipinski definition) is 4. The Kier molecular flexibility index (Phi) is 5.29. The lowest BCUT2D eigenvalue weighted by Crippen LogP contribution is -2.42. The van der Waals surface area contributed by atoms with E-state index in [1.54, 1.807) is 10.4 Å². The quantitative estimate of drug-likeness (QED) is 0.877. The van der Waals surface area contributed by atoms with Gasteiger partial charge >= 0.3 is 0 Å². The van der Waals surface area contributed by atoms with E-state index < -0.39 is 10.0 Å². The van der Waals surface area contributed by atoms with Crippen molar-refractivity contribution >= 4 is 33.8 Å². The van der Waals surface area contributed by atoms with Crippen LogP contribution in [0.4, 0.5) is 0 Å². The molecule has 22 heavy (non-hydrogen) atoms. The van der Waals surface area contributed by atoms with Gasteiger partial charge in [0, 0.05) is 23.5 Å². The Bertz CT molecular complexity index is 608. The van der Waals surface area contributed by atoms with Crippen molar-refractivity contribution in [3.8, 4) is 0 Å². The van der Waals surface area contributed by atoms with Gasteiger partial charge < -0.3 is 5.32 Å². The summed E-state index contributed by atoms with van der Waals surface area (Å²) in [4.78, 5) is 1.13. The zero-order valence-electron chi connectivity index (χ0n) is 13.3. The Morgan fingerprint density at radius 3 is 2.50 bits per heavy atom. The summed E-state index contributed by atoms with van der Waals surface area (Å²) in [6, 6.07) is 4.06. The van der Waals surface area contributed by atoms with E-state index in [-0.39, 0.29) is 29.9 Å². The van der Waals surface area contributed by atoms with Gasteiger partial charge in [0.2, 0.25) is 0 Å². The van der Waals surface area contributed by atoms with E-state index in [1.807, 2.05) is 6.07 Å². The molecule has 3 rings (SSSR count). The van der Waals surface area contributed by atoms with Crippen LogP contribution in [-0.4, -0.2) is 37.9 Å². The molecule has 2 aliphatic rings. The van der Waals surface area contributed by atoms with Gasteiger partial charge in [-0.15, -0.1) is 23.7 Å². The summed E-state index contributed by atoms with van der Waals surface area (Å²) in [5, 5.41) is 3.36. The van der Waals surface area contributed by atoms with Gasteiger partial charge in [-0.25, -0.2) is 8.42 Å². The Morgan fingerprint density at radius 2 is 1.86 bits per heavy atom. The summed E-state index contributed by atoms with van der Waals surface area (Å²) in [5.41, 5.74) is -0.00222. The lowest BCUT2D eigenvalue weighted by molar-refractivity contribution is 0.335. The number of halogens is 1. The van der Waals surface area contributed by atoms with Crippen molar-refractivity contribution in [1.82, 2.24) is 9.62 Å². The van der Waals surface area contributed by atoms with Crippen molar-refractivity contribution in [2.45, 2.75) is 61.7 Å². The molecule has 2 fully saturated rings. The molecule has 0 aromatic carbocycles. The topological polar surface area (TPSA) is 49.4 Å². The molecule has 1 aromatic heterocycles. The molecule has 2 unspecified atom stereocenters. The molecule has 1 N–H and O–H groups in total. The highest BCUT2D eigenvalue weighted by Crippen LogP contribution is 2.38. The maximum absolute atomic E-state index is 13.0. The summed E-state index contributed by atoms with van der Waals surface area (Å²) >= 11 is 1.43. The predicted molar refractivity (Wildman–Crippen MR) is 93.6 cm³/mol. The van der Waals surface area contributed by atoms with Crippen LogP contribution in [-0.2, 0) is 15.4 Å². The zero-order chi connectivity index (χ0) is 15.3. The van der Waals surface area contributed by atoms with E-state index >= 15 is 0 Å². The van der Waals surface area contributed by atoms with E-state index in [0.717, 1.165) is 37.2 Å². The van der Waals surface area contributed by atoms with E-state index in [9.17, 15) is 8.42 Å². The minimum Gasteiger partial charge on any atom is -0.315 e. The van der Waals surface area contributed by atoms with E-state index in [1.165, 1.54) is 11.3 Å². The van der Waals surface area contributed by atoms with Gasteiger partial charge in [-0.05, 0) is 43.4 Å². The summed E-state index contributed by atoms with van der Waals surface area (Å²) in [5.74, 6) is 0. The van der Waals surface area contributed by atoms with Crippen LogP contribution in [0.5, 0.6) is 0 Å². The maximum atomic E-state index is 13.0. The molecule has 1 aromatic rings. The molecule has 0 amide bonds. The summed E-state index contributed by atoms with van der Waals surface area (Å²) in [6.45, 7) is 8.07. The fourth-order valence-electron chi connectivity index (χ4n) is 3.30. The van der Waals surface area contributed by atoms with Gasteiger partial charge in [-0.3, -0.25) is 0 Å². The molecule has 2 bridgehead atoms. The third-order valence-electron chi connectivity index (χ3n) is 4.44. The second-order valence-corrected chi connectivity index (χ2v) is 10.2. The summed E-state index contributed by atoms with van der Waals surface area (Å²) in [6.07, 6.45) is 2.91. The Hall–Kier alpha value is -0.140. The molecular weight excluding hydrogens is 340 g/mol. The standard InChI is InChI=1S/C15H24N2O2S2.ClH/c1-15(2,3)13-6-7-14(20-13)21(18,19)17-11-4-5-12(17)10-16-9-8-11;/h6-7,11-12,16H,4-5,8-10H2,1-3H3;1H. The highest BCUT2D eigenvalue weighted by Gasteiger charge is 2.43. The summed E-state index contributed by atoms with van der Waals surface area (Å²) < 4.78 is 28.4. The number of fused-ring (bicyclic) bond motifs is 2. The van der Waals surface area contributed by atoms with Crippen molar-refractivity contribution in [2.24, 2.45) is 0 Å². The molecule has 0 spiro atoms. The molecule has 3 heterocycles. The molecule has 2 saturated heterocycles. The van der Waals surface area contributed by atoms with Gasteiger partial charge in [-0.1, -0.05) is 20.8 Å². The molecule has 0 saturated carbocycles. The molecule has 0 aliphatic carbocycles. The third-order valence-corrected chi connectivity index (χ3v) is 8.42. The number of nitrogens with one attached hydrogen (secondary N) is 1. The van der Waals surface area contributed by atoms with Crippen molar-refractivity contribution in [3.05, 3.63) is 17.0 Å². The van der Waals surface area contributed by atoms with Gasteiger partial charge in [0.15, 0.2) is 0 Å². The molecule has 2 atom stereocenters. The molecular formula is C15H25ClN2O2S2.